The Morgan fingerprint density at radius 1 is 1.24 bits per heavy atom. The molecule has 0 spiro atoms. The van der Waals surface area contributed by atoms with Gasteiger partial charge in [-0.2, -0.15) is 0 Å². The third-order valence-corrected chi connectivity index (χ3v) is 3.37. The maximum Gasteiger partial charge on any atom is 0.0854 e. The molecule has 2 aromatic rings. The minimum absolute atomic E-state index is 0.819. The van der Waals surface area contributed by atoms with Crippen LogP contribution in [0, 0.1) is 0 Å². The second-order valence-corrected chi connectivity index (χ2v) is 4.69. The highest BCUT2D eigenvalue weighted by Crippen LogP contribution is 2.24. The Hall–Kier alpha value is -1.54. The first kappa shape index (κ1) is 10.6. The predicted octanol–water partition coefficient (Wildman–Crippen LogP) is 3.34. The number of aliphatic imine (C=N–C) groups is 1. The van der Waals surface area contributed by atoms with Crippen molar-refractivity contribution in [2.24, 2.45) is 4.99 Å². The third-order valence-electron chi connectivity index (χ3n) is 3.04. The summed E-state index contributed by atoms with van der Waals surface area (Å²) in [6.07, 6.45) is 1.93. The molecule has 0 radical (unpaired) electrons. The number of fused-ring (bicyclic) bond motifs is 1. The van der Waals surface area contributed by atoms with Crippen LogP contribution in [0.1, 0.15) is 5.56 Å². The summed E-state index contributed by atoms with van der Waals surface area (Å²) < 4.78 is 0. The molecule has 1 aliphatic rings. The van der Waals surface area contributed by atoms with Gasteiger partial charge in [-0.15, -0.1) is 0 Å². The summed E-state index contributed by atoms with van der Waals surface area (Å²) in [6.45, 7) is 2.83. The smallest absolute Gasteiger partial charge is 0.0854 e. The van der Waals surface area contributed by atoms with Crippen LogP contribution in [0.3, 0.4) is 0 Å². The van der Waals surface area contributed by atoms with E-state index in [0.717, 1.165) is 30.0 Å². The second-order valence-electron chi connectivity index (χ2n) is 4.29. The molecule has 0 aliphatic carbocycles. The van der Waals surface area contributed by atoms with Crippen LogP contribution in [0.5, 0.6) is 0 Å². The average molecular weight is 245 g/mol. The summed E-state index contributed by atoms with van der Waals surface area (Å²) in [7, 11) is 0. The van der Waals surface area contributed by atoms with Crippen LogP contribution in [-0.2, 0) is 6.54 Å². The number of halogens is 1. The van der Waals surface area contributed by atoms with Crippen molar-refractivity contribution in [3.8, 4) is 0 Å². The van der Waals surface area contributed by atoms with Gasteiger partial charge in [0.1, 0.15) is 0 Å². The molecular weight excluding hydrogens is 232 g/mol. The monoisotopic (exact) mass is 244 g/mol. The Kier molecular flexibility index (Phi) is 2.73. The highest BCUT2D eigenvalue weighted by Gasteiger charge is 2.07. The van der Waals surface area contributed by atoms with Crippen LogP contribution in [0.2, 0.25) is 5.02 Å². The summed E-state index contributed by atoms with van der Waals surface area (Å²) in [6, 6.07) is 12.5. The standard InChI is InChI=1S/C14H13ClN2/c15-14-3-1-2-12-5-4-11(8-13(12)14)9-17-7-6-16-10-17/h1-5,8,10H,6-7,9H2. The molecule has 0 saturated carbocycles. The normalized spacial score (nSPS) is 14.8. The largest absolute Gasteiger partial charge is 0.357 e. The van der Waals surface area contributed by atoms with Gasteiger partial charge in [0.15, 0.2) is 0 Å². The number of nitrogens with zero attached hydrogens (tertiary/aromatic N) is 2. The zero-order chi connectivity index (χ0) is 11.7. The zero-order valence-corrected chi connectivity index (χ0v) is 10.2. The van der Waals surface area contributed by atoms with Crippen molar-refractivity contribution in [2.45, 2.75) is 6.54 Å². The van der Waals surface area contributed by atoms with Crippen molar-refractivity contribution in [3.05, 3.63) is 47.0 Å². The fourth-order valence-electron chi connectivity index (χ4n) is 2.15. The van der Waals surface area contributed by atoms with E-state index in [0.29, 0.717) is 0 Å². The first-order chi connectivity index (χ1) is 8.33. The molecule has 0 fully saturated rings. The molecule has 0 saturated heterocycles. The van der Waals surface area contributed by atoms with E-state index in [9.17, 15) is 0 Å². The molecular formula is C14H13ClN2. The molecule has 0 bridgehead atoms. The molecule has 0 unspecified atom stereocenters. The fourth-order valence-corrected chi connectivity index (χ4v) is 2.39. The summed E-state index contributed by atoms with van der Waals surface area (Å²) in [5, 5.41) is 3.14. The van der Waals surface area contributed by atoms with E-state index in [1.165, 1.54) is 10.9 Å². The number of rotatable bonds is 2. The lowest BCUT2D eigenvalue weighted by Gasteiger charge is -2.14. The minimum Gasteiger partial charge on any atom is -0.357 e. The molecule has 3 heteroatoms. The lowest BCUT2D eigenvalue weighted by atomic mass is 10.1. The Morgan fingerprint density at radius 3 is 3.00 bits per heavy atom. The van der Waals surface area contributed by atoms with Gasteiger partial charge in [0, 0.05) is 23.5 Å². The van der Waals surface area contributed by atoms with E-state index < -0.39 is 0 Å². The van der Waals surface area contributed by atoms with Gasteiger partial charge in [-0.3, -0.25) is 4.99 Å². The summed E-state index contributed by atoms with van der Waals surface area (Å²) in [4.78, 5) is 6.44. The van der Waals surface area contributed by atoms with Gasteiger partial charge >= 0.3 is 0 Å². The average Bonchev–Trinajstić information content (AvgIpc) is 2.83. The van der Waals surface area contributed by atoms with E-state index in [2.05, 4.69) is 34.2 Å². The Balaban J connectivity index is 1.95. The molecule has 0 N–H and O–H groups in total. The van der Waals surface area contributed by atoms with Crippen molar-refractivity contribution in [1.29, 1.82) is 0 Å². The van der Waals surface area contributed by atoms with Crippen molar-refractivity contribution < 1.29 is 0 Å². The van der Waals surface area contributed by atoms with Crippen molar-refractivity contribution >= 4 is 28.7 Å². The van der Waals surface area contributed by atoms with Gasteiger partial charge in [-0.05, 0) is 23.1 Å². The fraction of sp³-hybridized carbons (Fsp3) is 0.214. The van der Waals surface area contributed by atoms with Gasteiger partial charge in [0.05, 0.1) is 12.9 Å². The molecule has 0 atom stereocenters. The predicted molar refractivity (Wildman–Crippen MR) is 72.7 cm³/mol. The lowest BCUT2D eigenvalue weighted by Crippen LogP contribution is -2.18. The second kappa shape index (κ2) is 4.38. The number of hydrogen-bond donors (Lipinski definition) is 0. The van der Waals surface area contributed by atoms with Crippen LogP contribution in [0.15, 0.2) is 41.4 Å². The first-order valence-corrected chi connectivity index (χ1v) is 6.12. The van der Waals surface area contributed by atoms with Crippen LogP contribution >= 0.6 is 11.6 Å². The molecule has 1 heterocycles. The van der Waals surface area contributed by atoms with Gasteiger partial charge in [0.2, 0.25) is 0 Å². The summed E-state index contributed by atoms with van der Waals surface area (Å²) in [5.74, 6) is 0. The molecule has 0 amide bonds. The maximum atomic E-state index is 6.21. The van der Waals surface area contributed by atoms with Gasteiger partial charge < -0.3 is 4.90 Å². The van der Waals surface area contributed by atoms with Crippen LogP contribution in [0.4, 0.5) is 0 Å². The Morgan fingerprint density at radius 2 is 2.18 bits per heavy atom. The molecule has 17 heavy (non-hydrogen) atoms. The topological polar surface area (TPSA) is 15.6 Å². The maximum absolute atomic E-state index is 6.21. The third kappa shape index (κ3) is 2.13. The van der Waals surface area contributed by atoms with Crippen LogP contribution in [-0.4, -0.2) is 24.3 Å². The zero-order valence-electron chi connectivity index (χ0n) is 9.44. The first-order valence-electron chi connectivity index (χ1n) is 5.74. The molecule has 2 nitrogen and oxygen atoms in total. The quantitative estimate of drug-likeness (QED) is 0.791. The van der Waals surface area contributed by atoms with E-state index >= 15 is 0 Å². The van der Waals surface area contributed by atoms with Crippen LogP contribution in [0.25, 0.3) is 10.8 Å². The van der Waals surface area contributed by atoms with Gasteiger partial charge in [0.25, 0.3) is 0 Å². The van der Waals surface area contributed by atoms with Gasteiger partial charge in [-0.25, -0.2) is 0 Å². The lowest BCUT2D eigenvalue weighted by molar-refractivity contribution is 0.463. The highest BCUT2D eigenvalue weighted by atomic mass is 35.5. The van der Waals surface area contributed by atoms with Crippen molar-refractivity contribution in [1.82, 2.24) is 4.90 Å². The number of hydrogen-bond acceptors (Lipinski definition) is 2. The van der Waals surface area contributed by atoms with Gasteiger partial charge in [-0.1, -0.05) is 35.9 Å². The molecule has 1 aliphatic heterocycles. The van der Waals surface area contributed by atoms with E-state index in [1.54, 1.807) is 0 Å². The SMILES string of the molecule is Clc1cccc2ccc(CN3C=NCC3)cc12. The molecule has 0 aromatic heterocycles. The molecule has 2 aromatic carbocycles. The molecule has 3 rings (SSSR count). The van der Waals surface area contributed by atoms with E-state index in [4.69, 9.17) is 11.6 Å². The Bertz CT molecular complexity index is 577. The van der Waals surface area contributed by atoms with E-state index in [1.807, 2.05) is 18.5 Å². The van der Waals surface area contributed by atoms with Crippen molar-refractivity contribution in [2.75, 3.05) is 13.1 Å². The summed E-state index contributed by atoms with van der Waals surface area (Å²) >= 11 is 6.21. The van der Waals surface area contributed by atoms with Crippen LogP contribution < -0.4 is 0 Å². The Labute approximate surface area is 106 Å². The molecule has 86 valence electrons. The highest BCUT2D eigenvalue weighted by molar-refractivity contribution is 6.35. The van der Waals surface area contributed by atoms with Crippen molar-refractivity contribution in [3.63, 3.8) is 0 Å². The van der Waals surface area contributed by atoms with E-state index in [-0.39, 0.29) is 0 Å². The minimum atomic E-state index is 0.819. The number of benzene rings is 2. The summed E-state index contributed by atoms with van der Waals surface area (Å²) in [5.41, 5.74) is 1.28.